The number of thioether (sulfide) groups is 1. The quantitative estimate of drug-likeness (QED) is 0.658. The fourth-order valence-corrected chi connectivity index (χ4v) is 2.10. The van der Waals surface area contributed by atoms with Crippen LogP contribution in [0, 0.1) is 11.6 Å². The Morgan fingerprint density at radius 2 is 2.25 bits per heavy atom. The van der Waals surface area contributed by atoms with Crippen LogP contribution in [0.4, 0.5) is 14.5 Å². The summed E-state index contributed by atoms with van der Waals surface area (Å²) < 4.78 is 27.6. The number of rotatable bonds is 4. The third-order valence-electron chi connectivity index (χ3n) is 2.38. The Hall–Kier alpha value is -2.16. The summed E-state index contributed by atoms with van der Waals surface area (Å²) in [4.78, 5) is 11.9. The zero-order valence-electron chi connectivity index (χ0n) is 10.4. The van der Waals surface area contributed by atoms with Crippen molar-refractivity contribution >= 4 is 23.4 Å². The molecular formula is C11H11F2N5OS. The molecule has 106 valence electrons. The highest BCUT2D eigenvalue weighted by molar-refractivity contribution is 8.00. The molecule has 0 aliphatic heterocycles. The first-order valence-electron chi connectivity index (χ1n) is 5.55. The van der Waals surface area contributed by atoms with Gasteiger partial charge in [-0.25, -0.2) is 13.5 Å². The van der Waals surface area contributed by atoms with E-state index in [0.29, 0.717) is 5.16 Å². The highest BCUT2D eigenvalue weighted by Crippen LogP contribution is 2.22. The Labute approximate surface area is 117 Å². The average molecular weight is 299 g/mol. The lowest BCUT2D eigenvalue weighted by molar-refractivity contribution is -0.115. The van der Waals surface area contributed by atoms with Crippen LogP contribution in [-0.2, 0) is 4.79 Å². The zero-order valence-corrected chi connectivity index (χ0v) is 11.2. The van der Waals surface area contributed by atoms with Gasteiger partial charge in [0.2, 0.25) is 11.1 Å². The van der Waals surface area contributed by atoms with Gasteiger partial charge in [-0.05, 0) is 19.1 Å². The average Bonchev–Trinajstić information content (AvgIpc) is 2.79. The van der Waals surface area contributed by atoms with Crippen LogP contribution >= 0.6 is 11.8 Å². The summed E-state index contributed by atoms with van der Waals surface area (Å²) in [6.45, 7) is 1.59. The summed E-state index contributed by atoms with van der Waals surface area (Å²) in [5, 5.41) is 9.33. The molecule has 0 unspecified atom stereocenters. The van der Waals surface area contributed by atoms with E-state index in [0.717, 1.165) is 34.6 Å². The van der Waals surface area contributed by atoms with Crippen molar-refractivity contribution in [2.75, 3.05) is 11.2 Å². The molecule has 1 heterocycles. The molecule has 0 spiro atoms. The van der Waals surface area contributed by atoms with Crippen LogP contribution in [0.15, 0.2) is 29.7 Å². The summed E-state index contributed by atoms with van der Waals surface area (Å²) in [6.07, 6.45) is 1.29. The number of anilines is 1. The van der Waals surface area contributed by atoms with Crippen LogP contribution in [-0.4, -0.2) is 26.0 Å². The predicted molar refractivity (Wildman–Crippen MR) is 70.5 cm³/mol. The van der Waals surface area contributed by atoms with E-state index in [9.17, 15) is 13.6 Å². The summed E-state index contributed by atoms with van der Waals surface area (Å²) in [5.41, 5.74) is -0.211. The number of hydrogen-bond acceptors (Lipinski definition) is 5. The van der Waals surface area contributed by atoms with Crippen LogP contribution < -0.4 is 11.2 Å². The van der Waals surface area contributed by atoms with Crippen LogP contribution in [0.25, 0.3) is 0 Å². The molecule has 1 aromatic heterocycles. The molecule has 0 aliphatic carbocycles. The van der Waals surface area contributed by atoms with Crippen molar-refractivity contribution in [3.8, 4) is 0 Å². The number of benzene rings is 1. The maximum absolute atomic E-state index is 13.4. The van der Waals surface area contributed by atoms with E-state index in [1.807, 2.05) is 0 Å². The highest BCUT2D eigenvalue weighted by atomic mass is 32.2. The van der Waals surface area contributed by atoms with Crippen molar-refractivity contribution in [3.63, 3.8) is 0 Å². The topological polar surface area (TPSA) is 85.8 Å². The lowest BCUT2D eigenvalue weighted by atomic mass is 10.3. The summed E-state index contributed by atoms with van der Waals surface area (Å²) >= 11 is 1.05. The Morgan fingerprint density at radius 3 is 2.90 bits per heavy atom. The van der Waals surface area contributed by atoms with E-state index in [1.54, 1.807) is 6.92 Å². The molecule has 1 atom stereocenters. The van der Waals surface area contributed by atoms with Gasteiger partial charge in [0, 0.05) is 6.07 Å². The number of nitrogen functional groups attached to an aromatic ring is 1. The van der Waals surface area contributed by atoms with Crippen molar-refractivity contribution in [3.05, 3.63) is 36.2 Å². The minimum absolute atomic E-state index is 0.211. The second kappa shape index (κ2) is 5.87. The van der Waals surface area contributed by atoms with Gasteiger partial charge >= 0.3 is 0 Å². The standard InChI is InChI=1S/C11H11F2N5OS/c1-6(20-11-17-15-5-18(11)14)10(19)16-9-4-7(12)2-3-8(9)13/h2-6H,14H2,1H3,(H,16,19)/t6-/m1/s1. The molecule has 2 rings (SSSR count). The molecule has 3 N–H and O–H groups in total. The molecule has 2 aromatic rings. The monoisotopic (exact) mass is 299 g/mol. The number of aromatic nitrogens is 3. The van der Waals surface area contributed by atoms with Gasteiger partial charge < -0.3 is 11.2 Å². The fourth-order valence-electron chi connectivity index (χ4n) is 1.36. The Morgan fingerprint density at radius 1 is 1.50 bits per heavy atom. The summed E-state index contributed by atoms with van der Waals surface area (Å²) in [7, 11) is 0. The number of nitrogens with zero attached hydrogens (tertiary/aromatic N) is 3. The molecule has 0 bridgehead atoms. The Bertz CT molecular complexity index is 633. The number of nitrogens with two attached hydrogens (primary N) is 1. The van der Waals surface area contributed by atoms with Gasteiger partial charge in [0.15, 0.2) is 0 Å². The van der Waals surface area contributed by atoms with Crippen molar-refractivity contribution in [2.45, 2.75) is 17.3 Å². The minimum atomic E-state index is -0.709. The van der Waals surface area contributed by atoms with E-state index < -0.39 is 22.8 Å². The lowest BCUT2D eigenvalue weighted by Gasteiger charge is -2.11. The molecule has 0 radical (unpaired) electrons. The first-order chi connectivity index (χ1) is 9.47. The molecule has 0 fully saturated rings. The van der Waals surface area contributed by atoms with Crippen LogP contribution in [0.3, 0.4) is 0 Å². The predicted octanol–water partition coefficient (Wildman–Crippen LogP) is 1.39. The van der Waals surface area contributed by atoms with E-state index in [4.69, 9.17) is 5.84 Å². The van der Waals surface area contributed by atoms with E-state index >= 15 is 0 Å². The number of carbonyl (C=O) groups is 1. The van der Waals surface area contributed by atoms with Crippen molar-refractivity contribution < 1.29 is 13.6 Å². The lowest BCUT2D eigenvalue weighted by Crippen LogP contribution is -2.24. The number of halogens is 2. The first-order valence-corrected chi connectivity index (χ1v) is 6.43. The minimum Gasteiger partial charge on any atom is -0.336 e. The molecule has 20 heavy (non-hydrogen) atoms. The van der Waals surface area contributed by atoms with Crippen molar-refractivity contribution in [1.29, 1.82) is 0 Å². The SMILES string of the molecule is C[C@@H](Sc1nncn1N)C(=O)Nc1cc(F)ccc1F. The van der Waals surface area contributed by atoms with Gasteiger partial charge in [0.1, 0.15) is 18.0 Å². The second-order valence-electron chi connectivity index (χ2n) is 3.89. The van der Waals surface area contributed by atoms with Crippen molar-refractivity contribution in [2.24, 2.45) is 0 Å². The summed E-state index contributed by atoms with van der Waals surface area (Å²) in [6, 6.07) is 2.83. The maximum Gasteiger partial charge on any atom is 0.237 e. The number of carbonyl (C=O) groups excluding carboxylic acids is 1. The molecular weight excluding hydrogens is 288 g/mol. The normalized spacial score (nSPS) is 12.2. The summed E-state index contributed by atoms with van der Waals surface area (Å²) in [5.74, 6) is 3.67. The van der Waals surface area contributed by atoms with Gasteiger partial charge in [0.05, 0.1) is 10.9 Å². The van der Waals surface area contributed by atoms with Crippen LogP contribution in [0.1, 0.15) is 6.92 Å². The first kappa shape index (κ1) is 14.3. The molecule has 0 aliphatic rings. The third-order valence-corrected chi connectivity index (χ3v) is 3.45. The molecule has 1 amide bonds. The number of nitrogens with one attached hydrogen (secondary N) is 1. The number of hydrogen-bond donors (Lipinski definition) is 2. The third kappa shape index (κ3) is 3.23. The maximum atomic E-state index is 13.4. The van der Waals surface area contributed by atoms with Crippen molar-refractivity contribution in [1.82, 2.24) is 14.9 Å². The zero-order chi connectivity index (χ0) is 14.7. The molecule has 0 saturated carbocycles. The Kier molecular flexibility index (Phi) is 4.18. The van der Waals surface area contributed by atoms with Gasteiger partial charge in [0.25, 0.3) is 0 Å². The van der Waals surface area contributed by atoms with Crippen LogP contribution in [0.2, 0.25) is 0 Å². The fraction of sp³-hybridized carbons (Fsp3) is 0.182. The van der Waals surface area contributed by atoms with Gasteiger partial charge in [-0.3, -0.25) is 4.79 Å². The van der Waals surface area contributed by atoms with Gasteiger partial charge in [-0.1, -0.05) is 11.8 Å². The molecule has 1 aromatic carbocycles. The van der Waals surface area contributed by atoms with Gasteiger partial charge in [-0.15, -0.1) is 10.2 Å². The largest absolute Gasteiger partial charge is 0.336 e. The van der Waals surface area contributed by atoms with E-state index in [2.05, 4.69) is 15.5 Å². The molecule has 9 heteroatoms. The molecule has 6 nitrogen and oxygen atoms in total. The van der Waals surface area contributed by atoms with E-state index in [1.165, 1.54) is 6.33 Å². The van der Waals surface area contributed by atoms with E-state index in [-0.39, 0.29) is 5.69 Å². The molecule has 0 saturated heterocycles. The van der Waals surface area contributed by atoms with Crippen LogP contribution in [0.5, 0.6) is 0 Å². The highest BCUT2D eigenvalue weighted by Gasteiger charge is 2.18. The Balaban J connectivity index is 2.04. The smallest absolute Gasteiger partial charge is 0.237 e. The van der Waals surface area contributed by atoms with Gasteiger partial charge in [-0.2, -0.15) is 0 Å². The second-order valence-corrected chi connectivity index (χ2v) is 5.20. The number of amides is 1.